The SMILES string of the molecule is COc1cc(C)cc(C)c1C(NN)c1c(C)oc(C)c1C. The predicted octanol–water partition coefficient (Wildman–Crippen LogP) is 3.38. The van der Waals surface area contributed by atoms with Gasteiger partial charge in [0, 0.05) is 11.1 Å². The molecule has 0 aliphatic heterocycles. The van der Waals surface area contributed by atoms with Gasteiger partial charge < -0.3 is 9.15 Å². The van der Waals surface area contributed by atoms with E-state index in [-0.39, 0.29) is 6.04 Å². The molecule has 2 aromatic rings. The first-order valence-corrected chi connectivity index (χ1v) is 7.08. The van der Waals surface area contributed by atoms with Crippen LogP contribution in [0.2, 0.25) is 0 Å². The first kappa shape index (κ1) is 15.6. The molecule has 0 spiro atoms. The minimum Gasteiger partial charge on any atom is -0.496 e. The fourth-order valence-corrected chi connectivity index (χ4v) is 3.02. The van der Waals surface area contributed by atoms with Crippen LogP contribution in [0, 0.1) is 34.6 Å². The van der Waals surface area contributed by atoms with Gasteiger partial charge in [-0.2, -0.15) is 0 Å². The van der Waals surface area contributed by atoms with E-state index in [1.54, 1.807) is 7.11 Å². The molecule has 0 fully saturated rings. The largest absolute Gasteiger partial charge is 0.496 e. The van der Waals surface area contributed by atoms with Gasteiger partial charge in [0.2, 0.25) is 0 Å². The minimum atomic E-state index is -0.155. The van der Waals surface area contributed by atoms with E-state index in [2.05, 4.69) is 32.3 Å². The molecule has 0 radical (unpaired) electrons. The van der Waals surface area contributed by atoms with Crippen LogP contribution in [0.25, 0.3) is 0 Å². The van der Waals surface area contributed by atoms with Gasteiger partial charge in [-0.25, -0.2) is 5.43 Å². The summed E-state index contributed by atoms with van der Waals surface area (Å²) in [6, 6.07) is 4.02. The van der Waals surface area contributed by atoms with E-state index in [1.807, 2.05) is 19.9 Å². The number of rotatable bonds is 4. The standard InChI is InChI=1S/C17H24N2O2/c1-9-7-10(2)15(14(8-9)20-6)17(19-18)16-11(3)12(4)21-13(16)5/h7-8,17,19H,18H2,1-6H3. The maximum absolute atomic E-state index is 5.87. The van der Waals surface area contributed by atoms with Crippen molar-refractivity contribution in [2.45, 2.75) is 40.7 Å². The van der Waals surface area contributed by atoms with E-state index in [9.17, 15) is 0 Å². The number of hydrogen-bond acceptors (Lipinski definition) is 4. The molecule has 0 saturated carbocycles. The van der Waals surface area contributed by atoms with E-state index in [0.717, 1.165) is 39.5 Å². The fraction of sp³-hybridized carbons (Fsp3) is 0.412. The Labute approximate surface area is 126 Å². The van der Waals surface area contributed by atoms with Crippen molar-refractivity contribution in [1.29, 1.82) is 0 Å². The van der Waals surface area contributed by atoms with Crippen LogP contribution in [0.4, 0.5) is 0 Å². The molecule has 2 rings (SSSR count). The molecule has 1 aromatic carbocycles. The lowest BCUT2D eigenvalue weighted by atomic mass is 9.91. The zero-order valence-corrected chi connectivity index (χ0v) is 13.6. The highest BCUT2D eigenvalue weighted by Crippen LogP contribution is 2.37. The normalized spacial score (nSPS) is 12.5. The number of furan rings is 1. The molecule has 1 atom stereocenters. The molecular formula is C17H24N2O2. The van der Waals surface area contributed by atoms with Gasteiger partial charge in [-0.3, -0.25) is 5.84 Å². The van der Waals surface area contributed by atoms with Crippen molar-refractivity contribution in [1.82, 2.24) is 5.43 Å². The van der Waals surface area contributed by atoms with Crippen molar-refractivity contribution < 1.29 is 9.15 Å². The lowest BCUT2D eigenvalue weighted by Gasteiger charge is -2.22. The number of hydrogen-bond donors (Lipinski definition) is 2. The molecule has 1 heterocycles. The first-order valence-electron chi connectivity index (χ1n) is 7.08. The Morgan fingerprint density at radius 1 is 1.05 bits per heavy atom. The topological polar surface area (TPSA) is 60.4 Å². The van der Waals surface area contributed by atoms with Crippen LogP contribution in [-0.4, -0.2) is 7.11 Å². The van der Waals surface area contributed by atoms with Gasteiger partial charge in [0.1, 0.15) is 17.3 Å². The molecule has 0 bridgehead atoms. The zero-order chi connectivity index (χ0) is 15.7. The second-order valence-electron chi connectivity index (χ2n) is 5.55. The number of hydrazine groups is 1. The van der Waals surface area contributed by atoms with Crippen LogP contribution < -0.4 is 16.0 Å². The van der Waals surface area contributed by atoms with E-state index in [4.69, 9.17) is 15.0 Å². The first-order chi connectivity index (χ1) is 9.90. The molecule has 1 unspecified atom stereocenters. The molecule has 4 nitrogen and oxygen atoms in total. The highest BCUT2D eigenvalue weighted by atomic mass is 16.5. The molecule has 0 aliphatic carbocycles. The smallest absolute Gasteiger partial charge is 0.124 e. The van der Waals surface area contributed by atoms with Crippen LogP contribution >= 0.6 is 0 Å². The van der Waals surface area contributed by atoms with Crippen LogP contribution in [0.15, 0.2) is 16.5 Å². The van der Waals surface area contributed by atoms with Gasteiger partial charge in [0.05, 0.1) is 13.2 Å². The average Bonchev–Trinajstić information content (AvgIpc) is 2.67. The van der Waals surface area contributed by atoms with Gasteiger partial charge in [-0.15, -0.1) is 0 Å². The summed E-state index contributed by atoms with van der Waals surface area (Å²) in [6.45, 7) is 10.1. The van der Waals surface area contributed by atoms with Crippen LogP contribution in [-0.2, 0) is 0 Å². The number of nitrogens with two attached hydrogens (primary N) is 1. The van der Waals surface area contributed by atoms with Crippen molar-refractivity contribution in [3.8, 4) is 5.75 Å². The van der Waals surface area contributed by atoms with Gasteiger partial charge in [-0.1, -0.05) is 6.07 Å². The Morgan fingerprint density at radius 3 is 2.19 bits per heavy atom. The van der Waals surface area contributed by atoms with Crippen molar-refractivity contribution >= 4 is 0 Å². The summed E-state index contributed by atoms with van der Waals surface area (Å²) in [5, 5.41) is 0. The molecule has 4 heteroatoms. The van der Waals surface area contributed by atoms with Crippen molar-refractivity contribution in [3.05, 3.63) is 51.5 Å². The Kier molecular flexibility index (Phi) is 4.40. The number of methoxy groups -OCH3 is 1. The van der Waals surface area contributed by atoms with Gasteiger partial charge >= 0.3 is 0 Å². The van der Waals surface area contributed by atoms with E-state index < -0.39 is 0 Å². The summed E-state index contributed by atoms with van der Waals surface area (Å²) in [5.74, 6) is 8.51. The quantitative estimate of drug-likeness (QED) is 0.669. The van der Waals surface area contributed by atoms with Crippen LogP contribution in [0.1, 0.15) is 45.4 Å². The predicted molar refractivity (Wildman–Crippen MR) is 84.6 cm³/mol. The third-order valence-corrected chi connectivity index (χ3v) is 4.07. The summed E-state index contributed by atoms with van der Waals surface area (Å²) in [4.78, 5) is 0. The number of nitrogens with one attached hydrogen (secondary N) is 1. The number of aryl methyl sites for hydroxylation is 4. The molecular weight excluding hydrogens is 264 g/mol. The van der Waals surface area contributed by atoms with Gasteiger partial charge in [0.15, 0.2) is 0 Å². The third kappa shape index (κ3) is 2.69. The van der Waals surface area contributed by atoms with Crippen molar-refractivity contribution in [2.24, 2.45) is 5.84 Å². The van der Waals surface area contributed by atoms with Crippen molar-refractivity contribution in [3.63, 3.8) is 0 Å². The maximum Gasteiger partial charge on any atom is 0.124 e. The average molecular weight is 288 g/mol. The Balaban J connectivity index is 2.67. The molecule has 3 N–H and O–H groups in total. The lowest BCUT2D eigenvalue weighted by Crippen LogP contribution is -2.30. The maximum atomic E-state index is 5.87. The van der Waals surface area contributed by atoms with Crippen LogP contribution in [0.5, 0.6) is 5.75 Å². The molecule has 0 amide bonds. The Morgan fingerprint density at radius 2 is 1.71 bits per heavy atom. The molecule has 1 aromatic heterocycles. The summed E-state index contributed by atoms with van der Waals surface area (Å²) in [6.07, 6.45) is 0. The molecule has 0 aliphatic rings. The Bertz CT molecular complexity index is 659. The Hall–Kier alpha value is -1.78. The number of benzene rings is 1. The fourth-order valence-electron chi connectivity index (χ4n) is 3.02. The van der Waals surface area contributed by atoms with Gasteiger partial charge in [0.25, 0.3) is 0 Å². The van der Waals surface area contributed by atoms with E-state index in [1.165, 1.54) is 5.56 Å². The number of ether oxygens (including phenoxy) is 1. The summed E-state index contributed by atoms with van der Waals surface area (Å²) < 4.78 is 11.3. The third-order valence-electron chi connectivity index (χ3n) is 4.07. The van der Waals surface area contributed by atoms with E-state index in [0.29, 0.717) is 0 Å². The zero-order valence-electron chi connectivity index (χ0n) is 13.6. The monoisotopic (exact) mass is 288 g/mol. The second-order valence-corrected chi connectivity index (χ2v) is 5.55. The minimum absolute atomic E-state index is 0.155. The highest BCUT2D eigenvalue weighted by molar-refractivity contribution is 5.51. The molecule has 114 valence electrons. The van der Waals surface area contributed by atoms with E-state index >= 15 is 0 Å². The summed E-state index contributed by atoms with van der Waals surface area (Å²) >= 11 is 0. The van der Waals surface area contributed by atoms with Gasteiger partial charge in [-0.05, 0) is 57.4 Å². The summed E-state index contributed by atoms with van der Waals surface area (Å²) in [5.41, 5.74) is 8.50. The summed E-state index contributed by atoms with van der Waals surface area (Å²) in [7, 11) is 1.69. The molecule has 21 heavy (non-hydrogen) atoms. The lowest BCUT2D eigenvalue weighted by molar-refractivity contribution is 0.402. The second kappa shape index (κ2) is 5.92. The van der Waals surface area contributed by atoms with Crippen molar-refractivity contribution in [2.75, 3.05) is 7.11 Å². The van der Waals surface area contributed by atoms with Crippen LogP contribution in [0.3, 0.4) is 0 Å². The molecule has 0 saturated heterocycles. The highest BCUT2D eigenvalue weighted by Gasteiger charge is 2.26.